The molecule has 0 aromatic heterocycles. The molecule has 4 heteroatoms. The second kappa shape index (κ2) is 6.76. The topological polar surface area (TPSA) is 29.1 Å². The maximum atomic E-state index is 12.1. The van der Waals surface area contributed by atoms with E-state index in [1.54, 1.807) is 0 Å². The van der Waals surface area contributed by atoms with Crippen LogP contribution >= 0.6 is 27.5 Å². The SMILES string of the molecule is Cc1ccc(C(=O)NCC2CCC(Cl)CC2)cc1Br. The molecule has 0 radical (unpaired) electrons. The molecule has 0 saturated heterocycles. The van der Waals surface area contributed by atoms with Gasteiger partial charge in [0.05, 0.1) is 0 Å². The van der Waals surface area contributed by atoms with Crippen molar-refractivity contribution in [1.29, 1.82) is 0 Å². The lowest BCUT2D eigenvalue weighted by molar-refractivity contribution is 0.0943. The number of alkyl halides is 1. The largest absolute Gasteiger partial charge is 0.352 e. The van der Waals surface area contributed by atoms with Crippen LogP contribution in [0.5, 0.6) is 0 Å². The monoisotopic (exact) mass is 343 g/mol. The number of carbonyl (C=O) groups excluding carboxylic acids is 1. The van der Waals surface area contributed by atoms with Gasteiger partial charge in [0.2, 0.25) is 0 Å². The average molecular weight is 345 g/mol. The summed E-state index contributed by atoms with van der Waals surface area (Å²) in [6.07, 6.45) is 4.37. The molecule has 2 rings (SSSR count). The summed E-state index contributed by atoms with van der Waals surface area (Å²) in [5.74, 6) is 0.585. The van der Waals surface area contributed by atoms with E-state index < -0.39 is 0 Å². The molecular formula is C15H19BrClNO. The average Bonchev–Trinajstić information content (AvgIpc) is 2.41. The molecule has 0 spiro atoms. The molecule has 1 aromatic carbocycles. The predicted octanol–water partition coefficient (Wildman–Crippen LogP) is 4.28. The summed E-state index contributed by atoms with van der Waals surface area (Å²) in [5, 5.41) is 3.36. The summed E-state index contributed by atoms with van der Waals surface area (Å²) in [6.45, 7) is 2.77. The highest BCUT2D eigenvalue weighted by Gasteiger charge is 2.20. The Morgan fingerprint density at radius 1 is 1.37 bits per heavy atom. The van der Waals surface area contributed by atoms with Gasteiger partial charge in [-0.2, -0.15) is 0 Å². The zero-order valence-electron chi connectivity index (χ0n) is 11.1. The molecule has 1 aromatic rings. The Labute approximate surface area is 128 Å². The van der Waals surface area contributed by atoms with Gasteiger partial charge in [0.1, 0.15) is 0 Å². The number of hydrogen-bond donors (Lipinski definition) is 1. The molecule has 104 valence electrons. The quantitative estimate of drug-likeness (QED) is 0.815. The fraction of sp³-hybridized carbons (Fsp3) is 0.533. The van der Waals surface area contributed by atoms with Crippen LogP contribution in [0.4, 0.5) is 0 Å². The first-order valence-electron chi connectivity index (χ1n) is 6.74. The highest BCUT2D eigenvalue weighted by molar-refractivity contribution is 9.10. The minimum atomic E-state index is 0.00805. The smallest absolute Gasteiger partial charge is 0.251 e. The number of benzene rings is 1. The summed E-state index contributed by atoms with van der Waals surface area (Å²) < 4.78 is 0.975. The third kappa shape index (κ3) is 4.22. The van der Waals surface area contributed by atoms with Crippen molar-refractivity contribution in [1.82, 2.24) is 5.32 Å². The molecule has 0 heterocycles. The van der Waals surface area contributed by atoms with E-state index in [4.69, 9.17) is 11.6 Å². The first kappa shape index (κ1) is 14.9. The lowest BCUT2D eigenvalue weighted by atomic mass is 9.89. The van der Waals surface area contributed by atoms with Crippen LogP contribution in [0.1, 0.15) is 41.6 Å². The number of halogens is 2. The maximum absolute atomic E-state index is 12.1. The van der Waals surface area contributed by atoms with Crippen molar-refractivity contribution in [2.24, 2.45) is 5.92 Å². The first-order chi connectivity index (χ1) is 9.06. The van der Waals surface area contributed by atoms with Crippen LogP contribution in [0.15, 0.2) is 22.7 Å². The van der Waals surface area contributed by atoms with Crippen LogP contribution in [0.3, 0.4) is 0 Å². The number of aryl methyl sites for hydroxylation is 1. The minimum Gasteiger partial charge on any atom is -0.352 e. The lowest BCUT2D eigenvalue weighted by Gasteiger charge is -2.25. The second-order valence-electron chi connectivity index (χ2n) is 5.29. The number of nitrogens with one attached hydrogen (secondary N) is 1. The third-order valence-corrected chi connectivity index (χ3v) is 5.05. The molecule has 0 unspecified atom stereocenters. The molecular weight excluding hydrogens is 326 g/mol. The van der Waals surface area contributed by atoms with E-state index in [2.05, 4.69) is 21.2 Å². The summed E-state index contributed by atoms with van der Waals surface area (Å²) in [6, 6.07) is 5.70. The highest BCUT2D eigenvalue weighted by Crippen LogP contribution is 2.27. The third-order valence-electron chi connectivity index (χ3n) is 3.76. The molecule has 2 nitrogen and oxygen atoms in total. The van der Waals surface area contributed by atoms with Crippen molar-refractivity contribution in [2.45, 2.75) is 38.0 Å². The molecule has 19 heavy (non-hydrogen) atoms. The van der Waals surface area contributed by atoms with Crippen LogP contribution in [0.2, 0.25) is 0 Å². The van der Waals surface area contributed by atoms with Crippen LogP contribution in [-0.4, -0.2) is 17.8 Å². The molecule has 1 aliphatic carbocycles. The number of carbonyl (C=O) groups is 1. The molecule has 0 aliphatic heterocycles. The van der Waals surface area contributed by atoms with E-state index in [1.165, 1.54) is 0 Å². The van der Waals surface area contributed by atoms with Gasteiger partial charge in [-0.1, -0.05) is 22.0 Å². The van der Waals surface area contributed by atoms with Crippen LogP contribution in [0.25, 0.3) is 0 Å². The number of rotatable bonds is 3. The van der Waals surface area contributed by atoms with Crippen LogP contribution in [-0.2, 0) is 0 Å². The van der Waals surface area contributed by atoms with Crippen LogP contribution < -0.4 is 5.32 Å². The first-order valence-corrected chi connectivity index (χ1v) is 7.97. The zero-order valence-corrected chi connectivity index (χ0v) is 13.4. The molecule has 1 fully saturated rings. The Balaban J connectivity index is 1.85. The summed E-state index contributed by atoms with van der Waals surface area (Å²) in [7, 11) is 0. The van der Waals surface area contributed by atoms with Gasteiger partial charge >= 0.3 is 0 Å². The normalized spacial score (nSPS) is 23.1. The minimum absolute atomic E-state index is 0.00805. The maximum Gasteiger partial charge on any atom is 0.251 e. The molecule has 0 atom stereocenters. The van der Waals surface area contributed by atoms with Crippen molar-refractivity contribution < 1.29 is 4.79 Å². The molecule has 1 N–H and O–H groups in total. The fourth-order valence-electron chi connectivity index (χ4n) is 2.40. The molecule has 1 aliphatic rings. The van der Waals surface area contributed by atoms with Gasteiger partial charge in [-0.05, 0) is 56.2 Å². The Hall–Kier alpha value is -0.540. The van der Waals surface area contributed by atoms with E-state index in [1.807, 2.05) is 25.1 Å². The van der Waals surface area contributed by atoms with Crippen molar-refractivity contribution in [2.75, 3.05) is 6.54 Å². The van der Waals surface area contributed by atoms with Gasteiger partial charge in [0, 0.05) is 22.0 Å². The number of amides is 1. The van der Waals surface area contributed by atoms with Gasteiger partial charge in [-0.15, -0.1) is 11.6 Å². The van der Waals surface area contributed by atoms with Gasteiger partial charge in [0.25, 0.3) is 5.91 Å². The van der Waals surface area contributed by atoms with Gasteiger partial charge in [-0.25, -0.2) is 0 Å². The molecule has 1 amide bonds. The van der Waals surface area contributed by atoms with Crippen molar-refractivity contribution in [3.63, 3.8) is 0 Å². The Morgan fingerprint density at radius 3 is 2.68 bits per heavy atom. The van der Waals surface area contributed by atoms with Gasteiger partial charge in [-0.3, -0.25) is 4.79 Å². The summed E-state index contributed by atoms with van der Waals surface area (Å²) in [5.41, 5.74) is 1.85. The zero-order chi connectivity index (χ0) is 13.8. The summed E-state index contributed by atoms with van der Waals surface area (Å²) in [4.78, 5) is 12.1. The van der Waals surface area contributed by atoms with E-state index in [-0.39, 0.29) is 5.91 Å². The molecule has 1 saturated carbocycles. The number of hydrogen-bond acceptors (Lipinski definition) is 1. The summed E-state index contributed by atoms with van der Waals surface area (Å²) >= 11 is 9.53. The van der Waals surface area contributed by atoms with Crippen molar-refractivity contribution in [3.8, 4) is 0 Å². The standard InChI is InChI=1S/C15H19BrClNO/c1-10-2-5-12(8-14(10)16)15(19)18-9-11-3-6-13(17)7-4-11/h2,5,8,11,13H,3-4,6-7,9H2,1H3,(H,18,19). The van der Waals surface area contributed by atoms with E-state index in [9.17, 15) is 4.79 Å². The van der Waals surface area contributed by atoms with Crippen LogP contribution in [0, 0.1) is 12.8 Å². The van der Waals surface area contributed by atoms with E-state index in [0.29, 0.717) is 16.9 Å². The van der Waals surface area contributed by atoms with E-state index >= 15 is 0 Å². The van der Waals surface area contributed by atoms with Gasteiger partial charge in [0.15, 0.2) is 0 Å². The predicted molar refractivity (Wildman–Crippen MR) is 82.8 cm³/mol. The fourth-order valence-corrected chi connectivity index (χ4v) is 3.03. The second-order valence-corrected chi connectivity index (χ2v) is 6.76. The van der Waals surface area contributed by atoms with Crippen molar-refractivity contribution >= 4 is 33.4 Å². The Kier molecular flexibility index (Phi) is 5.28. The molecule has 0 bridgehead atoms. The Morgan fingerprint density at radius 2 is 2.05 bits per heavy atom. The van der Waals surface area contributed by atoms with Crippen molar-refractivity contribution in [3.05, 3.63) is 33.8 Å². The van der Waals surface area contributed by atoms with E-state index in [0.717, 1.165) is 42.3 Å². The Bertz CT molecular complexity index is 455. The van der Waals surface area contributed by atoms with Gasteiger partial charge < -0.3 is 5.32 Å². The highest BCUT2D eigenvalue weighted by atomic mass is 79.9. The lowest BCUT2D eigenvalue weighted by Crippen LogP contribution is -2.31.